The van der Waals surface area contributed by atoms with Gasteiger partial charge in [0.25, 0.3) is 0 Å². The number of aromatic nitrogens is 2. The molecule has 7 nitrogen and oxygen atoms in total. The molecule has 0 unspecified atom stereocenters. The van der Waals surface area contributed by atoms with E-state index in [1.807, 2.05) is 42.5 Å². The minimum absolute atomic E-state index is 0.118. The van der Waals surface area contributed by atoms with E-state index in [9.17, 15) is 4.79 Å². The Labute approximate surface area is 196 Å². The van der Waals surface area contributed by atoms with Crippen LogP contribution >= 0.6 is 15.9 Å². The summed E-state index contributed by atoms with van der Waals surface area (Å²) in [7, 11) is 0. The number of ether oxygens (including phenoxy) is 1. The Hall–Kier alpha value is -2.81. The molecule has 0 saturated carbocycles. The van der Waals surface area contributed by atoms with Crippen LogP contribution in [-0.4, -0.2) is 60.2 Å². The maximum atomic E-state index is 12.6. The van der Waals surface area contributed by atoms with Gasteiger partial charge in [0, 0.05) is 47.4 Å². The van der Waals surface area contributed by atoms with Gasteiger partial charge in [-0.25, -0.2) is 9.97 Å². The Bertz CT molecular complexity index is 1100. The van der Waals surface area contributed by atoms with Crippen LogP contribution in [0.2, 0.25) is 0 Å². The van der Waals surface area contributed by atoms with Crippen molar-refractivity contribution < 1.29 is 9.53 Å². The van der Waals surface area contributed by atoms with Crippen molar-refractivity contribution >= 4 is 49.9 Å². The minimum atomic E-state index is -0.118. The summed E-state index contributed by atoms with van der Waals surface area (Å²) >= 11 is 3.49. The molecular formula is C24H26BrN5O2. The van der Waals surface area contributed by atoms with Gasteiger partial charge in [-0.2, -0.15) is 0 Å². The van der Waals surface area contributed by atoms with Crippen LogP contribution in [-0.2, 0) is 9.53 Å². The van der Waals surface area contributed by atoms with E-state index in [4.69, 9.17) is 4.74 Å². The highest BCUT2D eigenvalue weighted by atomic mass is 79.9. The van der Waals surface area contributed by atoms with Crippen molar-refractivity contribution in [2.45, 2.75) is 6.42 Å². The summed E-state index contributed by atoms with van der Waals surface area (Å²) in [6, 6.07) is 13.7. The molecule has 3 aromatic rings. The number of amides is 1. The molecule has 0 radical (unpaired) electrons. The lowest BCUT2D eigenvalue weighted by Gasteiger charge is -2.28. The second-order valence-corrected chi connectivity index (χ2v) is 8.48. The fraction of sp³-hybridized carbons (Fsp3) is 0.292. The third-order valence-corrected chi connectivity index (χ3v) is 5.91. The summed E-state index contributed by atoms with van der Waals surface area (Å²) in [5.74, 6) is 0.599. The van der Waals surface area contributed by atoms with Gasteiger partial charge in [0.05, 0.1) is 18.7 Å². The third-order valence-electron chi connectivity index (χ3n) is 5.42. The van der Waals surface area contributed by atoms with Gasteiger partial charge >= 0.3 is 0 Å². The number of carbonyl (C=O) groups excluding carboxylic acids is 1. The Balaban J connectivity index is 1.53. The number of carbonyl (C=O) groups is 1. The Morgan fingerprint density at radius 3 is 2.84 bits per heavy atom. The first-order valence-electron chi connectivity index (χ1n) is 10.7. The molecule has 1 aromatic heterocycles. The molecule has 0 bridgehead atoms. The van der Waals surface area contributed by atoms with Crippen molar-refractivity contribution in [1.29, 1.82) is 0 Å². The van der Waals surface area contributed by atoms with E-state index >= 15 is 0 Å². The van der Waals surface area contributed by atoms with E-state index in [0.29, 0.717) is 12.4 Å². The average molecular weight is 496 g/mol. The van der Waals surface area contributed by atoms with Crippen molar-refractivity contribution in [2.75, 3.05) is 49.6 Å². The number of nitrogens with zero attached hydrogens (tertiary/aromatic N) is 4. The van der Waals surface area contributed by atoms with Crippen LogP contribution in [0, 0.1) is 0 Å². The van der Waals surface area contributed by atoms with Crippen LogP contribution in [0.15, 0.2) is 65.9 Å². The second kappa shape index (κ2) is 10.7. The zero-order valence-electron chi connectivity index (χ0n) is 17.8. The number of benzene rings is 2. The maximum absolute atomic E-state index is 12.6. The van der Waals surface area contributed by atoms with Crippen LogP contribution in [0.1, 0.15) is 6.42 Å². The molecular weight excluding hydrogens is 470 g/mol. The Morgan fingerprint density at radius 2 is 2.06 bits per heavy atom. The van der Waals surface area contributed by atoms with E-state index in [0.717, 1.165) is 66.0 Å². The number of halogens is 1. The van der Waals surface area contributed by atoms with Gasteiger partial charge < -0.3 is 15.0 Å². The van der Waals surface area contributed by atoms with Crippen LogP contribution in [0.4, 0.5) is 17.2 Å². The Kier molecular flexibility index (Phi) is 7.47. The number of hydrogen-bond donors (Lipinski definition) is 1. The highest BCUT2D eigenvalue weighted by molar-refractivity contribution is 9.10. The van der Waals surface area contributed by atoms with Crippen molar-refractivity contribution in [3.05, 3.63) is 65.9 Å². The highest BCUT2D eigenvalue weighted by Crippen LogP contribution is 2.28. The number of fused-ring (bicyclic) bond motifs is 1. The summed E-state index contributed by atoms with van der Waals surface area (Å²) < 4.78 is 6.39. The molecule has 4 rings (SSSR count). The van der Waals surface area contributed by atoms with Crippen LogP contribution in [0.5, 0.6) is 0 Å². The summed E-state index contributed by atoms with van der Waals surface area (Å²) in [6.07, 6.45) is 3.76. The maximum Gasteiger partial charge on any atom is 0.250 e. The standard InChI is InChI=1S/C24H26BrN5O2/c1-2-23(31)30(10-4-9-29-11-13-32-14-12-29)20-7-8-21-22(16-20)26-17-27-24(21)28-19-6-3-5-18(25)15-19/h2-3,5-8,15-17H,1,4,9-14H2,(H,26,27,28). The fourth-order valence-electron chi connectivity index (χ4n) is 3.77. The molecule has 0 atom stereocenters. The topological polar surface area (TPSA) is 70.6 Å². The lowest BCUT2D eigenvalue weighted by Crippen LogP contribution is -2.39. The van der Waals surface area contributed by atoms with Crippen molar-refractivity contribution in [3.8, 4) is 0 Å². The predicted octanol–water partition coefficient (Wildman–Crippen LogP) is 4.38. The fourth-order valence-corrected chi connectivity index (χ4v) is 4.17. The molecule has 1 amide bonds. The molecule has 1 fully saturated rings. The molecule has 1 saturated heterocycles. The van der Waals surface area contributed by atoms with E-state index < -0.39 is 0 Å². The monoisotopic (exact) mass is 495 g/mol. The summed E-state index contributed by atoms with van der Waals surface area (Å²) in [5, 5.41) is 4.23. The van der Waals surface area contributed by atoms with Crippen molar-refractivity contribution in [3.63, 3.8) is 0 Å². The molecule has 0 spiro atoms. The Morgan fingerprint density at radius 1 is 1.22 bits per heavy atom. The highest BCUT2D eigenvalue weighted by Gasteiger charge is 2.16. The lowest BCUT2D eigenvalue weighted by atomic mass is 10.1. The zero-order valence-corrected chi connectivity index (χ0v) is 19.4. The van der Waals surface area contributed by atoms with Gasteiger partial charge in [-0.05, 0) is 48.9 Å². The number of nitrogens with one attached hydrogen (secondary N) is 1. The van der Waals surface area contributed by atoms with Crippen LogP contribution in [0.25, 0.3) is 10.9 Å². The van der Waals surface area contributed by atoms with Gasteiger partial charge in [0.15, 0.2) is 0 Å². The van der Waals surface area contributed by atoms with E-state index in [1.165, 1.54) is 12.4 Å². The van der Waals surface area contributed by atoms with Crippen molar-refractivity contribution in [1.82, 2.24) is 14.9 Å². The normalized spacial score (nSPS) is 14.3. The molecule has 1 aliphatic rings. The number of rotatable bonds is 8. The zero-order chi connectivity index (χ0) is 22.3. The smallest absolute Gasteiger partial charge is 0.250 e. The molecule has 1 aliphatic heterocycles. The average Bonchev–Trinajstić information content (AvgIpc) is 2.82. The van der Waals surface area contributed by atoms with Gasteiger partial charge in [-0.15, -0.1) is 0 Å². The van der Waals surface area contributed by atoms with Gasteiger partial charge in [0.2, 0.25) is 5.91 Å². The number of morpholine rings is 1. The third kappa shape index (κ3) is 5.51. The lowest BCUT2D eigenvalue weighted by molar-refractivity contribution is -0.114. The summed E-state index contributed by atoms with van der Waals surface area (Å²) in [5.41, 5.74) is 2.50. The minimum Gasteiger partial charge on any atom is -0.379 e. The van der Waals surface area contributed by atoms with Gasteiger partial charge in [-0.3, -0.25) is 9.69 Å². The summed E-state index contributed by atoms with van der Waals surface area (Å²) in [4.78, 5) is 25.6. The molecule has 2 heterocycles. The summed E-state index contributed by atoms with van der Waals surface area (Å²) in [6.45, 7) is 8.65. The molecule has 166 valence electrons. The second-order valence-electron chi connectivity index (χ2n) is 7.56. The SMILES string of the molecule is C=CC(=O)N(CCCN1CCOCC1)c1ccc2c(Nc3cccc(Br)c3)ncnc2c1. The van der Waals surface area contributed by atoms with E-state index in [2.05, 4.69) is 42.7 Å². The van der Waals surface area contributed by atoms with E-state index in [1.54, 1.807) is 4.90 Å². The van der Waals surface area contributed by atoms with Crippen molar-refractivity contribution in [2.24, 2.45) is 0 Å². The molecule has 0 aliphatic carbocycles. The predicted molar refractivity (Wildman–Crippen MR) is 131 cm³/mol. The molecule has 8 heteroatoms. The van der Waals surface area contributed by atoms with Gasteiger partial charge in [-0.1, -0.05) is 28.6 Å². The number of anilines is 3. The van der Waals surface area contributed by atoms with Gasteiger partial charge in [0.1, 0.15) is 12.1 Å². The van der Waals surface area contributed by atoms with Crippen LogP contribution in [0.3, 0.4) is 0 Å². The quantitative estimate of drug-likeness (QED) is 0.467. The largest absolute Gasteiger partial charge is 0.379 e. The number of hydrogen-bond acceptors (Lipinski definition) is 6. The molecule has 1 N–H and O–H groups in total. The first-order valence-corrected chi connectivity index (χ1v) is 11.4. The van der Waals surface area contributed by atoms with Crippen LogP contribution < -0.4 is 10.2 Å². The molecule has 32 heavy (non-hydrogen) atoms. The first-order chi connectivity index (χ1) is 15.6. The molecule has 2 aromatic carbocycles. The first kappa shape index (κ1) is 22.4. The van der Waals surface area contributed by atoms with E-state index in [-0.39, 0.29) is 5.91 Å².